The third-order valence-corrected chi connectivity index (χ3v) is 6.74. The average Bonchev–Trinajstić information content (AvgIpc) is 3.27. The van der Waals surface area contributed by atoms with Gasteiger partial charge < -0.3 is 14.7 Å². The smallest absolute Gasteiger partial charge is 0.311 e. The van der Waals surface area contributed by atoms with Crippen LogP contribution in [0.2, 0.25) is 5.02 Å². The zero-order valence-electron chi connectivity index (χ0n) is 14.0. The Hall–Kier alpha value is -1.89. The number of thiophene rings is 1. The molecule has 0 spiro atoms. The number of halogens is 1. The van der Waals surface area contributed by atoms with Crippen molar-refractivity contribution in [3.05, 3.63) is 46.3 Å². The lowest BCUT2D eigenvalue weighted by atomic mass is 9.74. The molecule has 3 heterocycles. The quantitative estimate of drug-likeness (QED) is 0.867. The Kier molecular flexibility index (Phi) is 4.50. The minimum atomic E-state index is -0.871. The third kappa shape index (κ3) is 2.92. The average molecular weight is 392 g/mol. The van der Waals surface area contributed by atoms with E-state index in [1.165, 1.54) is 11.3 Å². The number of ether oxygens (including phenoxy) is 1. The molecule has 4 rings (SSSR count). The second kappa shape index (κ2) is 6.68. The van der Waals surface area contributed by atoms with Gasteiger partial charge in [-0.15, -0.1) is 11.3 Å². The lowest BCUT2D eigenvalue weighted by Crippen LogP contribution is -2.45. The number of carboxylic acid groups (broad SMARTS) is 1. The van der Waals surface area contributed by atoms with Crippen LogP contribution < -0.4 is 0 Å². The highest BCUT2D eigenvalue weighted by Crippen LogP contribution is 2.43. The maximum atomic E-state index is 12.9. The first-order chi connectivity index (χ1) is 12.5. The number of benzene rings is 1. The van der Waals surface area contributed by atoms with Crippen LogP contribution >= 0.6 is 22.9 Å². The largest absolute Gasteiger partial charge is 0.481 e. The van der Waals surface area contributed by atoms with Gasteiger partial charge in [0.05, 0.1) is 16.9 Å². The van der Waals surface area contributed by atoms with E-state index in [1.54, 1.807) is 4.90 Å². The van der Waals surface area contributed by atoms with Crippen LogP contribution in [0.1, 0.15) is 16.1 Å². The number of likely N-dealkylation sites (tertiary alicyclic amines) is 1. The molecular weight excluding hydrogens is 374 g/mol. The summed E-state index contributed by atoms with van der Waals surface area (Å²) < 4.78 is 5.45. The Morgan fingerprint density at radius 2 is 2.00 bits per heavy atom. The van der Waals surface area contributed by atoms with Gasteiger partial charge in [0, 0.05) is 35.5 Å². The third-order valence-electron chi connectivity index (χ3n) is 5.37. The summed E-state index contributed by atoms with van der Waals surface area (Å²) >= 11 is 7.34. The Labute approximate surface area is 160 Å². The van der Waals surface area contributed by atoms with Crippen LogP contribution in [0.3, 0.4) is 0 Å². The second-order valence-corrected chi connectivity index (χ2v) is 8.36. The molecular formula is C19H18ClNO4S. The number of hydrogen-bond acceptors (Lipinski definition) is 4. The molecule has 1 N–H and O–H groups in total. The standard InChI is InChI=1S/C19H18ClNO4S/c20-14-3-1-12(2-4-14)15-5-6-16(26-15)17(22)21-9-13-10-25-8-7-19(13,11-21)18(23)24/h1-6,13H,7-11H2,(H,23,24)/t13-,19+/m0/s1. The number of carboxylic acids is 1. The van der Waals surface area contributed by atoms with Gasteiger partial charge in [-0.25, -0.2) is 0 Å². The van der Waals surface area contributed by atoms with Gasteiger partial charge in [0.2, 0.25) is 0 Å². The number of rotatable bonds is 3. The predicted octanol–water partition coefficient (Wildman–Crippen LogP) is 3.63. The molecule has 2 aliphatic rings. The number of aliphatic carboxylic acids is 1. The van der Waals surface area contributed by atoms with Gasteiger partial charge in [0.15, 0.2) is 0 Å². The summed E-state index contributed by atoms with van der Waals surface area (Å²) in [7, 11) is 0. The van der Waals surface area contributed by atoms with Crippen molar-refractivity contribution in [2.45, 2.75) is 6.42 Å². The topological polar surface area (TPSA) is 66.8 Å². The van der Waals surface area contributed by atoms with E-state index in [1.807, 2.05) is 36.4 Å². The van der Waals surface area contributed by atoms with Crippen LogP contribution in [0.25, 0.3) is 10.4 Å². The molecule has 2 aromatic rings. The van der Waals surface area contributed by atoms with E-state index in [-0.39, 0.29) is 18.4 Å². The normalized spacial score (nSPS) is 25.1. The highest BCUT2D eigenvalue weighted by Gasteiger charge is 2.55. The number of nitrogens with zero attached hydrogens (tertiary/aromatic N) is 1. The first kappa shape index (κ1) is 17.5. The summed E-state index contributed by atoms with van der Waals surface area (Å²) in [4.78, 5) is 28.1. The van der Waals surface area contributed by atoms with Crippen LogP contribution in [0.5, 0.6) is 0 Å². The minimum Gasteiger partial charge on any atom is -0.481 e. The van der Waals surface area contributed by atoms with Gasteiger partial charge >= 0.3 is 5.97 Å². The molecule has 2 fully saturated rings. The fraction of sp³-hybridized carbons (Fsp3) is 0.368. The Bertz CT molecular complexity index is 849. The summed E-state index contributed by atoms with van der Waals surface area (Å²) in [6.07, 6.45) is 0.456. The summed E-state index contributed by atoms with van der Waals surface area (Å²) in [5.41, 5.74) is 0.133. The van der Waals surface area contributed by atoms with Crippen molar-refractivity contribution in [2.24, 2.45) is 11.3 Å². The predicted molar refractivity (Wildman–Crippen MR) is 99.7 cm³/mol. The molecule has 1 aromatic carbocycles. The number of carbonyl (C=O) groups excluding carboxylic acids is 1. The first-order valence-corrected chi connectivity index (χ1v) is 9.65. The molecule has 1 aromatic heterocycles. The van der Waals surface area contributed by atoms with Crippen LogP contribution in [0.15, 0.2) is 36.4 Å². The molecule has 1 amide bonds. The number of fused-ring (bicyclic) bond motifs is 1. The van der Waals surface area contributed by atoms with E-state index in [0.29, 0.717) is 36.1 Å². The van der Waals surface area contributed by atoms with Crippen molar-refractivity contribution in [1.82, 2.24) is 4.90 Å². The number of hydrogen-bond donors (Lipinski definition) is 1. The van der Waals surface area contributed by atoms with Crippen molar-refractivity contribution in [3.8, 4) is 10.4 Å². The van der Waals surface area contributed by atoms with E-state index in [9.17, 15) is 14.7 Å². The van der Waals surface area contributed by atoms with Gasteiger partial charge in [0.1, 0.15) is 0 Å². The Morgan fingerprint density at radius 1 is 1.23 bits per heavy atom. The van der Waals surface area contributed by atoms with Gasteiger partial charge in [-0.05, 0) is 36.2 Å². The van der Waals surface area contributed by atoms with Gasteiger partial charge in [0.25, 0.3) is 5.91 Å². The maximum absolute atomic E-state index is 12.9. The molecule has 0 saturated carbocycles. The monoisotopic (exact) mass is 391 g/mol. The minimum absolute atomic E-state index is 0.106. The van der Waals surface area contributed by atoms with Gasteiger partial charge in [-0.2, -0.15) is 0 Å². The fourth-order valence-electron chi connectivity index (χ4n) is 3.83. The fourth-order valence-corrected chi connectivity index (χ4v) is 4.94. The van der Waals surface area contributed by atoms with E-state index in [4.69, 9.17) is 16.3 Å². The Morgan fingerprint density at radius 3 is 2.69 bits per heavy atom. The maximum Gasteiger partial charge on any atom is 0.311 e. The first-order valence-electron chi connectivity index (χ1n) is 8.46. The Balaban J connectivity index is 1.55. The van der Waals surface area contributed by atoms with Crippen LogP contribution in [0.4, 0.5) is 0 Å². The zero-order chi connectivity index (χ0) is 18.3. The lowest BCUT2D eigenvalue weighted by Gasteiger charge is -2.33. The molecule has 2 aliphatic heterocycles. The van der Waals surface area contributed by atoms with Crippen LogP contribution in [-0.4, -0.2) is 48.2 Å². The zero-order valence-corrected chi connectivity index (χ0v) is 15.6. The van der Waals surface area contributed by atoms with E-state index >= 15 is 0 Å². The van der Waals surface area contributed by atoms with Crippen molar-refractivity contribution >= 4 is 34.8 Å². The highest BCUT2D eigenvalue weighted by atomic mass is 35.5. The molecule has 2 atom stereocenters. The molecule has 7 heteroatoms. The van der Waals surface area contributed by atoms with E-state index < -0.39 is 11.4 Å². The van der Waals surface area contributed by atoms with E-state index in [2.05, 4.69) is 0 Å². The summed E-state index contributed by atoms with van der Waals surface area (Å²) in [6, 6.07) is 11.2. The second-order valence-electron chi connectivity index (χ2n) is 6.84. The molecule has 2 saturated heterocycles. The van der Waals surface area contributed by atoms with Gasteiger partial charge in [-0.3, -0.25) is 9.59 Å². The van der Waals surface area contributed by atoms with Crippen molar-refractivity contribution in [2.75, 3.05) is 26.3 Å². The van der Waals surface area contributed by atoms with Crippen molar-refractivity contribution in [1.29, 1.82) is 0 Å². The van der Waals surface area contributed by atoms with Crippen LogP contribution in [-0.2, 0) is 9.53 Å². The highest BCUT2D eigenvalue weighted by molar-refractivity contribution is 7.17. The van der Waals surface area contributed by atoms with Crippen molar-refractivity contribution in [3.63, 3.8) is 0 Å². The molecule has 136 valence electrons. The van der Waals surface area contributed by atoms with Crippen molar-refractivity contribution < 1.29 is 19.4 Å². The SMILES string of the molecule is O=C(c1ccc(-c2ccc(Cl)cc2)s1)N1C[C@H]2COCC[C@@]2(C(=O)O)C1. The molecule has 0 radical (unpaired) electrons. The summed E-state index contributed by atoms with van der Waals surface area (Å²) in [5.74, 6) is -1.08. The van der Waals surface area contributed by atoms with E-state index in [0.717, 1.165) is 10.4 Å². The summed E-state index contributed by atoms with van der Waals surface area (Å²) in [5, 5.41) is 10.4. The molecule has 0 unspecified atom stereocenters. The number of amides is 1. The molecule has 5 nitrogen and oxygen atoms in total. The lowest BCUT2D eigenvalue weighted by molar-refractivity contribution is -0.157. The summed E-state index contributed by atoms with van der Waals surface area (Å²) in [6.45, 7) is 1.52. The number of carbonyl (C=O) groups is 2. The molecule has 26 heavy (non-hydrogen) atoms. The molecule has 0 bridgehead atoms. The molecule has 0 aliphatic carbocycles. The van der Waals surface area contributed by atoms with Crippen LogP contribution in [0, 0.1) is 11.3 Å². The van der Waals surface area contributed by atoms with Gasteiger partial charge in [-0.1, -0.05) is 23.7 Å².